The third kappa shape index (κ3) is 2.09. The fourth-order valence-corrected chi connectivity index (χ4v) is 2.95. The Hall–Kier alpha value is -1.59. The number of thiophene rings is 1. The van der Waals surface area contributed by atoms with Gasteiger partial charge in [-0.3, -0.25) is 4.79 Å². The van der Waals surface area contributed by atoms with E-state index >= 15 is 0 Å². The summed E-state index contributed by atoms with van der Waals surface area (Å²) in [5.41, 5.74) is 0.591. The maximum atomic E-state index is 12.2. The first-order valence-corrected chi connectivity index (χ1v) is 7.10. The molecule has 0 fully saturated rings. The highest BCUT2D eigenvalue weighted by molar-refractivity contribution is 7.17. The van der Waals surface area contributed by atoms with Gasteiger partial charge in [-0.05, 0) is 26.0 Å². The number of fused-ring (bicyclic) bond motifs is 1. The number of hydrogen-bond acceptors (Lipinski definition) is 4. The molecule has 0 amide bonds. The fourth-order valence-electron chi connectivity index (χ4n) is 1.91. The van der Waals surface area contributed by atoms with Crippen LogP contribution in [0.25, 0.3) is 21.5 Å². The number of aromatic amines is 1. The summed E-state index contributed by atoms with van der Waals surface area (Å²) in [7, 11) is 0. The van der Waals surface area contributed by atoms with Gasteiger partial charge in [-0.25, -0.2) is 4.98 Å². The first-order chi connectivity index (χ1) is 9.06. The van der Waals surface area contributed by atoms with Crippen LogP contribution in [-0.2, 0) is 0 Å². The fraction of sp³-hybridized carbons (Fsp3) is 0.231. The summed E-state index contributed by atoms with van der Waals surface area (Å²) in [6.07, 6.45) is 0. The standard InChI is InChI=1S/C13H11ClN2O2S/c1-6-3-4-9(18-6)8-5-19-13-10(8)12(17)15-11(16-13)7(2)14/h3-5,7H,1-2H3,(H,15,16,17). The van der Waals surface area contributed by atoms with Crippen molar-refractivity contribution in [2.24, 2.45) is 0 Å². The summed E-state index contributed by atoms with van der Waals surface area (Å²) in [6.45, 7) is 3.64. The van der Waals surface area contributed by atoms with Crippen molar-refractivity contribution >= 4 is 33.2 Å². The monoisotopic (exact) mass is 294 g/mol. The number of nitrogens with zero attached hydrogens (tertiary/aromatic N) is 1. The summed E-state index contributed by atoms with van der Waals surface area (Å²) in [6, 6.07) is 3.73. The lowest BCUT2D eigenvalue weighted by atomic mass is 10.2. The lowest BCUT2D eigenvalue weighted by molar-refractivity contribution is 0.549. The predicted octanol–water partition coefficient (Wildman–Crippen LogP) is 3.85. The predicted molar refractivity (Wildman–Crippen MR) is 76.9 cm³/mol. The number of alkyl halides is 1. The molecule has 0 bridgehead atoms. The van der Waals surface area contributed by atoms with Crippen LogP contribution >= 0.6 is 22.9 Å². The van der Waals surface area contributed by atoms with Crippen LogP contribution < -0.4 is 5.56 Å². The van der Waals surface area contributed by atoms with E-state index in [2.05, 4.69) is 9.97 Å². The van der Waals surface area contributed by atoms with Crippen molar-refractivity contribution in [2.45, 2.75) is 19.2 Å². The largest absolute Gasteiger partial charge is 0.461 e. The Morgan fingerprint density at radius 3 is 2.89 bits per heavy atom. The summed E-state index contributed by atoms with van der Waals surface area (Å²) >= 11 is 7.37. The van der Waals surface area contributed by atoms with Gasteiger partial charge in [0.1, 0.15) is 22.2 Å². The Bertz CT molecular complexity index is 800. The molecule has 98 valence electrons. The number of rotatable bonds is 2. The van der Waals surface area contributed by atoms with Crippen LogP contribution in [0, 0.1) is 6.92 Å². The molecule has 3 heterocycles. The maximum Gasteiger partial charge on any atom is 0.260 e. The molecule has 0 aliphatic carbocycles. The minimum absolute atomic E-state index is 0.183. The molecule has 1 atom stereocenters. The molecule has 0 aromatic carbocycles. The molecular weight excluding hydrogens is 284 g/mol. The number of furan rings is 1. The van der Waals surface area contributed by atoms with Crippen molar-refractivity contribution in [1.29, 1.82) is 0 Å². The zero-order valence-corrected chi connectivity index (χ0v) is 11.9. The zero-order valence-electron chi connectivity index (χ0n) is 10.4. The first-order valence-electron chi connectivity index (χ1n) is 5.78. The van der Waals surface area contributed by atoms with Crippen LogP contribution in [0.5, 0.6) is 0 Å². The average molecular weight is 295 g/mol. The Kier molecular flexibility index (Phi) is 2.95. The summed E-state index contributed by atoms with van der Waals surface area (Å²) < 4.78 is 5.57. The molecule has 19 heavy (non-hydrogen) atoms. The molecule has 1 unspecified atom stereocenters. The van der Waals surface area contributed by atoms with Gasteiger partial charge in [0.15, 0.2) is 0 Å². The van der Waals surface area contributed by atoms with E-state index in [1.165, 1.54) is 11.3 Å². The molecule has 3 aromatic rings. The highest BCUT2D eigenvalue weighted by Gasteiger charge is 2.16. The van der Waals surface area contributed by atoms with Gasteiger partial charge in [0.25, 0.3) is 5.56 Å². The Morgan fingerprint density at radius 1 is 1.47 bits per heavy atom. The van der Waals surface area contributed by atoms with Crippen molar-refractivity contribution in [3.63, 3.8) is 0 Å². The number of H-pyrrole nitrogens is 1. The first kappa shape index (κ1) is 12.4. The number of nitrogens with one attached hydrogen (secondary N) is 1. The second kappa shape index (κ2) is 4.51. The van der Waals surface area contributed by atoms with Crippen LogP contribution in [0.2, 0.25) is 0 Å². The third-order valence-corrected chi connectivity index (χ3v) is 3.92. The number of aromatic nitrogens is 2. The van der Waals surface area contributed by atoms with Gasteiger partial charge >= 0.3 is 0 Å². The summed E-state index contributed by atoms with van der Waals surface area (Å²) in [5, 5.41) is 2.11. The van der Waals surface area contributed by atoms with E-state index in [4.69, 9.17) is 16.0 Å². The van der Waals surface area contributed by atoms with Gasteiger partial charge in [-0.15, -0.1) is 22.9 Å². The van der Waals surface area contributed by atoms with Gasteiger partial charge in [-0.1, -0.05) is 0 Å². The van der Waals surface area contributed by atoms with E-state index in [9.17, 15) is 4.79 Å². The minimum atomic E-state index is -0.325. The Balaban J connectivity index is 2.27. The van der Waals surface area contributed by atoms with Gasteiger partial charge in [0, 0.05) is 10.9 Å². The average Bonchev–Trinajstić information content (AvgIpc) is 2.94. The van der Waals surface area contributed by atoms with Gasteiger partial charge in [0.05, 0.1) is 10.8 Å². The Labute approximate surface area is 118 Å². The molecule has 0 aliphatic rings. The lowest BCUT2D eigenvalue weighted by Crippen LogP contribution is -2.11. The zero-order chi connectivity index (χ0) is 13.6. The van der Waals surface area contributed by atoms with Crippen molar-refractivity contribution in [2.75, 3.05) is 0 Å². The van der Waals surface area contributed by atoms with Gasteiger partial charge < -0.3 is 9.40 Å². The summed E-state index contributed by atoms with van der Waals surface area (Å²) in [5.74, 6) is 1.98. The van der Waals surface area contributed by atoms with E-state index in [-0.39, 0.29) is 10.9 Å². The van der Waals surface area contributed by atoms with Gasteiger partial charge in [-0.2, -0.15) is 0 Å². The van der Waals surface area contributed by atoms with Crippen molar-refractivity contribution < 1.29 is 4.42 Å². The molecule has 0 spiro atoms. The molecule has 0 radical (unpaired) electrons. The minimum Gasteiger partial charge on any atom is -0.461 e. The lowest BCUT2D eigenvalue weighted by Gasteiger charge is -2.02. The molecule has 4 nitrogen and oxygen atoms in total. The number of halogens is 1. The van der Waals surface area contributed by atoms with E-state index in [0.717, 1.165) is 11.3 Å². The quantitative estimate of drug-likeness (QED) is 0.730. The second-order valence-corrected chi connectivity index (χ2v) is 5.82. The Morgan fingerprint density at radius 2 is 2.26 bits per heavy atom. The topological polar surface area (TPSA) is 58.9 Å². The highest BCUT2D eigenvalue weighted by atomic mass is 35.5. The number of hydrogen-bond donors (Lipinski definition) is 1. The second-order valence-electron chi connectivity index (χ2n) is 4.31. The van der Waals surface area contributed by atoms with E-state index in [1.807, 2.05) is 24.4 Å². The molecule has 6 heteroatoms. The highest BCUT2D eigenvalue weighted by Crippen LogP contribution is 2.32. The van der Waals surface area contributed by atoms with Crippen LogP contribution in [0.1, 0.15) is 23.9 Å². The SMILES string of the molecule is Cc1ccc(-c2csc3nc(C(C)Cl)[nH]c(=O)c23)o1. The molecule has 1 N–H and O–H groups in total. The normalized spacial score (nSPS) is 13.0. The van der Waals surface area contributed by atoms with Gasteiger partial charge in [0.2, 0.25) is 0 Å². The molecule has 0 saturated heterocycles. The van der Waals surface area contributed by atoms with E-state index in [1.54, 1.807) is 6.92 Å². The van der Waals surface area contributed by atoms with Crippen LogP contribution in [0.3, 0.4) is 0 Å². The molecule has 0 aliphatic heterocycles. The molecule has 3 rings (SSSR count). The third-order valence-electron chi connectivity index (χ3n) is 2.84. The van der Waals surface area contributed by atoms with E-state index < -0.39 is 0 Å². The van der Waals surface area contributed by atoms with E-state index in [0.29, 0.717) is 21.8 Å². The van der Waals surface area contributed by atoms with Crippen LogP contribution in [0.4, 0.5) is 0 Å². The van der Waals surface area contributed by atoms with Crippen molar-refractivity contribution in [3.05, 3.63) is 39.5 Å². The summed E-state index contributed by atoms with van der Waals surface area (Å²) in [4.78, 5) is 20.0. The molecule has 3 aromatic heterocycles. The van der Waals surface area contributed by atoms with Crippen molar-refractivity contribution in [1.82, 2.24) is 9.97 Å². The van der Waals surface area contributed by atoms with Crippen LogP contribution in [0.15, 0.2) is 26.7 Å². The maximum absolute atomic E-state index is 12.2. The van der Waals surface area contributed by atoms with Crippen molar-refractivity contribution in [3.8, 4) is 11.3 Å². The molecule has 0 saturated carbocycles. The molecular formula is C13H11ClN2O2S. The van der Waals surface area contributed by atoms with Crippen LogP contribution in [-0.4, -0.2) is 9.97 Å². The smallest absolute Gasteiger partial charge is 0.260 e. The number of aryl methyl sites for hydroxylation is 1.